The number of hydrogen-bond acceptors (Lipinski definition) is 3. The minimum absolute atomic E-state index is 0.0905. The fourth-order valence-electron chi connectivity index (χ4n) is 2.16. The largest absolute Gasteiger partial charge is 0.322 e. The van der Waals surface area contributed by atoms with Crippen molar-refractivity contribution in [1.29, 1.82) is 0 Å². The Morgan fingerprint density at radius 3 is 2.52 bits per heavy atom. The van der Waals surface area contributed by atoms with Gasteiger partial charge in [0.25, 0.3) is 5.91 Å². The molecule has 0 bridgehead atoms. The van der Waals surface area contributed by atoms with Crippen LogP contribution in [0.1, 0.15) is 16.8 Å². The Bertz CT molecular complexity index is 863. The highest BCUT2D eigenvalue weighted by Gasteiger charge is 2.43. The predicted molar refractivity (Wildman–Crippen MR) is 85.2 cm³/mol. The number of carbonyl (C=O) groups excluding carboxylic acids is 2. The van der Waals surface area contributed by atoms with Gasteiger partial charge in [0.1, 0.15) is 23.6 Å². The molecule has 1 aromatic heterocycles. The van der Waals surface area contributed by atoms with E-state index in [2.05, 4.69) is 15.6 Å². The summed E-state index contributed by atoms with van der Waals surface area (Å²) in [7, 11) is 0. The maximum absolute atomic E-state index is 13.8. The molecular weight excluding hydrogens is 359 g/mol. The van der Waals surface area contributed by atoms with Gasteiger partial charge in [0.15, 0.2) is 0 Å². The van der Waals surface area contributed by atoms with Crippen molar-refractivity contribution in [2.45, 2.75) is 12.6 Å². The summed E-state index contributed by atoms with van der Waals surface area (Å²) in [6, 6.07) is 4.28. The van der Waals surface area contributed by atoms with Crippen molar-refractivity contribution >= 4 is 34.9 Å². The zero-order valence-electron chi connectivity index (χ0n) is 12.5. The predicted octanol–water partition coefficient (Wildman–Crippen LogP) is 3.56. The van der Waals surface area contributed by atoms with Gasteiger partial charge >= 0.3 is 0 Å². The second kappa shape index (κ2) is 6.72. The molecule has 5 nitrogen and oxygen atoms in total. The first-order chi connectivity index (χ1) is 11.9. The number of anilines is 2. The standard InChI is InChI=1S/C16H11ClF3N3O2/c17-14-10(19)2-1-9(18)13(14)16(25)22-7-3-4-21-12(5-7)23-15(24)8-6-11(8)20/h1-5,8,11H,6H2,(H2,21,22,23,24,25). The van der Waals surface area contributed by atoms with Gasteiger partial charge in [-0.25, -0.2) is 18.2 Å². The summed E-state index contributed by atoms with van der Waals surface area (Å²) in [5.74, 6) is -3.98. The molecule has 1 aliphatic rings. The molecule has 2 atom stereocenters. The Morgan fingerprint density at radius 1 is 1.16 bits per heavy atom. The van der Waals surface area contributed by atoms with E-state index in [9.17, 15) is 22.8 Å². The summed E-state index contributed by atoms with van der Waals surface area (Å²) >= 11 is 5.63. The zero-order chi connectivity index (χ0) is 18.1. The van der Waals surface area contributed by atoms with E-state index in [-0.39, 0.29) is 17.9 Å². The molecule has 0 spiro atoms. The molecular formula is C16H11ClF3N3O2. The molecule has 0 saturated heterocycles. The third-order valence-corrected chi connectivity index (χ3v) is 3.96. The van der Waals surface area contributed by atoms with Crippen LogP contribution < -0.4 is 10.6 Å². The Kier molecular flexibility index (Phi) is 4.63. The molecule has 0 aliphatic heterocycles. The maximum atomic E-state index is 13.8. The van der Waals surface area contributed by atoms with Crippen LogP contribution in [-0.4, -0.2) is 23.0 Å². The van der Waals surface area contributed by atoms with Crippen LogP contribution in [0.2, 0.25) is 5.02 Å². The van der Waals surface area contributed by atoms with Crippen molar-refractivity contribution in [3.8, 4) is 0 Å². The first-order valence-corrected chi connectivity index (χ1v) is 7.60. The van der Waals surface area contributed by atoms with Crippen molar-refractivity contribution in [1.82, 2.24) is 4.98 Å². The van der Waals surface area contributed by atoms with Gasteiger partial charge in [0.2, 0.25) is 5.91 Å². The van der Waals surface area contributed by atoms with Gasteiger partial charge in [-0.1, -0.05) is 11.6 Å². The normalized spacial score (nSPS) is 18.6. The molecule has 2 N–H and O–H groups in total. The molecule has 2 aromatic rings. The van der Waals surface area contributed by atoms with E-state index in [1.54, 1.807) is 0 Å². The molecule has 2 unspecified atom stereocenters. The molecule has 1 saturated carbocycles. The lowest BCUT2D eigenvalue weighted by Crippen LogP contribution is -2.17. The second-order valence-electron chi connectivity index (χ2n) is 5.45. The molecule has 25 heavy (non-hydrogen) atoms. The van der Waals surface area contributed by atoms with E-state index in [1.165, 1.54) is 18.3 Å². The van der Waals surface area contributed by atoms with Crippen LogP contribution >= 0.6 is 11.6 Å². The highest BCUT2D eigenvalue weighted by Crippen LogP contribution is 2.34. The number of halogens is 4. The van der Waals surface area contributed by atoms with E-state index in [4.69, 9.17) is 11.6 Å². The van der Waals surface area contributed by atoms with Crippen molar-refractivity contribution < 1.29 is 22.8 Å². The Balaban J connectivity index is 1.75. The van der Waals surface area contributed by atoms with Crippen LogP contribution in [0.15, 0.2) is 30.5 Å². The molecule has 0 radical (unpaired) electrons. The lowest BCUT2D eigenvalue weighted by Gasteiger charge is -2.10. The van der Waals surface area contributed by atoms with Gasteiger partial charge in [-0.3, -0.25) is 9.59 Å². The third kappa shape index (κ3) is 3.74. The van der Waals surface area contributed by atoms with E-state index in [1.807, 2.05) is 0 Å². The molecule has 2 amide bonds. The topological polar surface area (TPSA) is 71.1 Å². The molecule has 1 aromatic carbocycles. The van der Waals surface area contributed by atoms with Crippen LogP contribution in [0.3, 0.4) is 0 Å². The molecule has 1 aliphatic carbocycles. The Labute approximate surface area is 145 Å². The number of nitrogens with one attached hydrogen (secondary N) is 2. The number of aromatic nitrogens is 1. The third-order valence-electron chi connectivity index (χ3n) is 3.59. The summed E-state index contributed by atoms with van der Waals surface area (Å²) in [4.78, 5) is 27.7. The highest BCUT2D eigenvalue weighted by atomic mass is 35.5. The van der Waals surface area contributed by atoms with Gasteiger partial charge in [-0.05, 0) is 24.6 Å². The van der Waals surface area contributed by atoms with Crippen LogP contribution in [-0.2, 0) is 4.79 Å². The van der Waals surface area contributed by atoms with Gasteiger partial charge in [-0.15, -0.1) is 0 Å². The number of hydrogen-bond donors (Lipinski definition) is 2. The molecule has 9 heteroatoms. The Hall–Kier alpha value is -2.61. The highest BCUT2D eigenvalue weighted by molar-refractivity contribution is 6.34. The lowest BCUT2D eigenvalue weighted by molar-refractivity contribution is -0.117. The summed E-state index contributed by atoms with van der Waals surface area (Å²) in [6.45, 7) is 0. The van der Waals surface area contributed by atoms with E-state index in [0.717, 1.165) is 12.1 Å². The van der Waals surface area contributed by atoms with E-state index in [0.29, 0.717) is 0 Å². The van der Waals surface area contributed by atoms with E-state index < -0.39 is 46.1 Å². The number of alkyl halides is 1. The first kappa shape index (κ1) is 17.2. The summed E-state index contributed by atoms with van der Waals surface area (Å²) in [5, 5.41) is 4.12. The van der Waals surface area contributed by atoms with Crippen molar-refractivity contribution in [2.75, 3.05) is 10.6 Å². The number of rotatable bonds is 4. The summed E-state index contributed by atoms with van der Waals surface area (Å²) in [5.41, 5.74) is -0.468. The molecule has 3 rings (SSSR count). The van der Waals surface area contributed by atoms with Gasteiger partial charge < -0.3 is 10.6 Å². The summed E-state index contributed by atoms with van der Waals surface area (Å²) in [6.07, 6.45) is 0.301. The maximum Gasteiger partial charge on any atom is 0.260 e. The summed E-state index contributed by atoms with van der Waals surface area (Å²) < 4.78 is 40.0. The fourth-order valence-corrected chi connectivity index (χ4v) is 2.40. The van der Waals surface area contributed by atoms with Crippen molar-refractivity contribution in [3.05, 3.63) is 52.7 Å². The second-order valence-corrected chi connectivity index (χ2v) is 5.83. The number of pyridine rings is 1. The number of amides is 2. The monoisotopic (exact) mass is 369 g/mol. The average Bonchev–Trinajstić information content (AvgIpc) is 3.29. The van der Waals surface area contributed by atoms with Crippen LogP contribution in [0, 0.1) is 17.6 Å². The van der Waals surface area contributed by atoms with Crippen LogP contribution in [0.25, 0.3) is 0 Å². The quantitative estimate of drug-likeness (QED) is 0.809. The van der Waals surface area contributed by atoms with Gasteiger partial charge in [0, 0.05) is 18.0 Å². The molecule has 130 valence electrons. The Morgan fingerprint density at radius 2 is 1.84 bits per heavy atom. The SMILES string of the molecule is O=C(Nc1ccnc(NC(=O)C2CC2F)c1)c1c(F)ccc(F)c1Cl. The lowest BCUT2D eigenvalue weighted by atomic mass is 10.2. The van der Waals surface area contributed by atoms with Crippen molar-refractivity contribution in [2.24, 2.45) is 5.92 Å². The minimum atomic E-state index is -1.15. The van der Waals surface area contributed by atoms with Crippen molar-refractivity contribution in [3.63, 3.8) is 0 Å². The number of carbonyl (C=O) groups is 2. The molecule has 1 heterocycles. The first-order valence-electron chi connectivity index (χ1n) is 7.22. The number of nitrogens with zero attached hydrogens (tertiary/aromatic N) is 1. The van der Waals surface area contributed by atoms with Crippen LogP contribution in [0.4, 0.5) is 24.7 Å². The minimum Gasteiger partial charge on any atom is -0.322 e. The smallest absolute Gasteiger partial charge is 0.260 e. The van der Waals surface area contributed by atoms with Crippen LogP contribution in [0.5, 0.6) is 0 Å². The zero-order valence-corrected chi connectivity index (χ0v) is 13.3. The number of benzene rings is 1. The fraction of sp³-hybridized carbons (Fsp3) is 0.188. The van der Waals surface area contributed by atoms with Gasteiger partial charge in [-0.2, -0.15) is 0 Å². The average molecular weight is 370 g/mol. The molecule has 1 fully saturated rings. The van der Waals surface area contributed by atoms with Gasteiger partial charge in [0.05, 0.1) is 16.5 Å². The van der Waals surface area contributed by atoms with E-state index >= 15 is 0 Å².